The molecule has 1 spiro atoms. The predicted molar refractivity (Wildman–Crippen MR) is 131 cm³/mol. The molecule has 0 atom stereocenters. The maximum Gasteiger partial charge on any atom is 0.281 e. The van der Waals surface area contributed by atoms with Gasteiger partial charge in [-0.15, -0.1) is 0 Å². The molecule has 6 rings (SSSR count). The Balaban J connectivity index is 1.57. The maximum atomic E-state index is 13.1. The lowest BCUT2D eigenvalue weighted by molar-refractivity contribution is 0.203. The average molecular weight is 494 g/mol. The lowest BCUT2D eigenvalue weighted by Gasteiger charge is -2.35. The van der Waals surface area contributed by atoms with Crippen LogP contribution < -0.4 is 10.5 Å². The number of nitrogens with zero attached hydrogens (tertiary/aromatic N) is 3. The summed E-state index contributed by atoms with van der Waals surface area (Å²) >= 11 is 3.59. The predicted octanol–water partition coefficient (Wildman–Crippen LogP) is 4.92. The van der Waals surface area contributed by atoms with E-state index in [1.165, 1.54) is 36.2 Å². The molecule has 2 fully saturated rings. The molecule has 6 heteroatoms. The van der Waals surface area contributed by atoms with Gasteiger partial charge in [-0.25, -0.2) is 0 Å². The van der Waals surface area contributed by atoms with Crippen molar-refractivity contribution in [1.82, 2.24) is 9.55 Å². The maximum absolute atomic E-state index is 13.1. The number of aliphatic hydroxyl groups is 1. The normalized spacial score (nSPS) is 20.0. The molecule has 32 heavy (non-hydrogen) atoms. The SMILES string of the molecule is O=c1nc2n(c3cccc(Br)c13)-c1cc(N3CCC(CO)CC3)ccc1C21CCCCC1. The summed E-state index contributed by atoms with van der Waals surface area (Å²) in [7, 11) is 0. The van der Waals surface area contributed by atoms with Crippen molar-refractivity contribution in [2.24, 2.45) is 5.92 Å². The van der Waals surface area contributed by atoms with Gasteiger partial charge in [0.2, 0.25) is 0 Å². The smallest absolute Gasteiger partial charge is 0.281 e. The van der Waals surface area contributed by atoms with E-state index in [1.54, 1.807) is 0 Å². The van der Waals surface area contributed by atoms with E-state index in [0.29, 0.717) is 11.3 Å². The number of aliphatic hydroxyl groups excluding tert-OH is 1. The minimum atomic E-state index is -0.161. The van der Waals surface area contributed by atoms with Gasteiger partial charge >= 0.3 is 0 Å². The van der Waals surface area contributed by atoms with E-state index < -0.39 is 0 Å². The van der Waals surface area contributed by atoms with Gasteiger partial charge in [0.25, 0.3) is 5.56 Å². The second-order valence-electron chi connectivity index (χ2n) is 9.67. The zero-order valence-corrected chi connectivity index (χ0v) is 19.8. The van der Waals surface area contributed by atoms with Gasteiger partial charge in [0, 0.05) is 29.9 Å². The lowest BCUT2D eigenvalue weighted by atomic mass is 9.70. The van der Waals surface area contributed by atoms with Crippen LogP contribution in [0.25, 0.3) is 16.6 Å². The van der Waals surface area contributed by atoms with Crippen LogP contribution in [0.1, 0.15) is 56.3 Å². The largest absolute Gasteiger partial charge is 0.396 e. The second-order valence-corrected chi connectivity index (χ2v) is 10.5. The Morgan fingerprint density at radius 1 is 1.09 bits per heavy atom. The van der Waals surface area contributed by atoms with Crippen molar-refractivity contribution in [1.29, 1.82) is 0 Å². The van der Waals surface area contributed by atoms with Gasteiger partial charge in [-0.05, 0) is 77.4 Å². The average Bonchev–Trinajstić information content (AvgIpc) is 3.08. The summed E-state index contributed by atoms with van der Waals surface area (Å²) in [6.45, 7) is 2.22. The van der Waals surface area contributed by atoms with Crippen LogP contribution in [0, 0.1) is 5.92 Å². The highest BCUT2D eigenvalue weighted by Gasteiger charge is 2.46. The topological polar surface area (TPSA) is 58.4 Å². The number of hydrogen-bond acceptors (Lipinski definition) is 4. The summed E-state index contributed by atoms with van der Waals surface area (Å²) in [4.78, 5) is 20.3. The number of benzene rings is 2. The summed E-state index contributed by atoms with van der Waals surface area (Å²) < 4.78 is 3.07. The minimum Gasteiger partial charge on any atom is -0.396 e. The molecule has 3 aromatic rings. The van der Waals surface area contributed by atoms with Crippen molar-refractivity contribution in [3.63, 3.8) is 0 Å². The number of halogens is 1. The third-order valence-corrected chi connectivity index (χ3v) is 8.64. The van der Waals surface area contributed by atoms with E-state index in [2.05, 4.69) is 49.7 Å². The van der Waals surface area contributed by atoms with Crippen molar-refractivity contribution in [2.75, 3.05) is 24.6 Å². The van der Waals surface area contributed by atoms with Gasteiger partial charge in [-0.1, -0.05) is 31.4 Å². The van der Waals surface area contributed by atoms with Gasteiger partial charge in [-0.3, -0.25) is 9.36 Å². The third kappa shape index (κ3) is 2.92. The summed E-state index contributed by atoms with van der Waals surface area (Å²) in [5.74, 6) is 1.35. The van der Waals surface area contributed by atoms with Crippen molar-refractivity contribution in [3.05, 3.63) is 62.6 Å². The van der Waals surface area contributed by atoms with Crippen molar-refractivity contribution < 1.29 is 5.11 Å². The van der Waals surface area contributed by atoms with Crippen LogP contribution in [-0.4, -0.2) is 34.4 Å². The van der Waals surface area contributed by atoms with E-state index in [1.807, 2.05) is 12.1 Å². The van der Waals surface area contributed by atoms with E-state index in [9.17, 15) is 9.90 Å². The highest BCUT2D eigenvalue weighted by molar-refractivity contribution is 9.10. The lowest BCUT2D eigenvalue weighted by Crippen LogP contribution is -2.34. The summed E-state index contributed by atoms with van der Waals surface area (Å²) in [5, 5.41) is 10.2. The molecule has 0 radical (unpaired) electrons. The number of aromatic nitrogens is 2. The summed E-state index contributed by atoms with van der Waals surface area (Å²) in [6.07, 6.45) is 7.74. The molecule has 2 aliphatic heterocycles. The van der Waals surface area contributed by atoms with Crippen molar-refractivity contribution in [2.45, 2.75) is 50.4 Å². The van der Waals surface area contributed by atoms with E-state index in [0.717, 1.165) is 54.6 Å². The first-order chi connectivity index (χ1) is 15.6. The molecule has 0 unspecified atom stereocenters. The third-order valence-electron chi connectivity index (χ3n) is 7.98. The molecular formula is C26H28BrN3O2. The number of anilines is 1. The summed E-state index contributed by atoms with van der Waals surface area (Å²) in [5.41, 5.74) is 4.37. The number of hydrogen-bond donors (Lipinski definition) is 1. The highest BCUT2D eigenvalue weighted by atomic mass is 79.9. The van der Waals surface area contributed by atoms with E-state index in [-0.39, 0.29) is 17.6 Å². The van der Waals surface area contributed by atoms with Crippen LogP contribution in [0.3, 0.4) is 0 Å². The Kier molecular flexibility index (Phi) is 4.92. The van der Waals surface area contributed by atoms with E-state index >= 15 is 0 Å². The van der Waals surface area contributed by atoms with Gasteiger partial charge in [0.1, 0.15) is 5.82 Å². The zero-order valence-electron chi connectivity index (χ0n) is 18.2. The van der Waals surface area contributed by atoms with Crippen LogP contribution in [0.4, 0.5) is 5.69 Å². The quantitative estimate of drug-likeness (QED) is 0.550. The number of piperidine rings is 1. The van der Waals surface area contributed by atoms with Gasteiger partial charge in [0.15, 0.2) is 0 Å². The molecule has 1 saturated heterocycles. The molecular weight excluding hydrogens is 466 g/mol. The molecule has 0 bridgehead atoms. The Morgan fingerprint density at radius 2 is 1.88 bits per heavy atom. The zero-order chi connectivity index (χ0) is 21.9. The fourth-order valence-corrected chi connectivity index (χ4v) is 6.77. The molecule has 2 aromatic carbocycles. The number of rotatable bonds is 2. The molecule has 1 N–H and O–H groups in total. The first-order valence-electron chi connectivity index (χ1n) is 11.8. The van der Waals surface area contributed by atoms with Crippen LogP contribution in [0.5, 0.6) is 0 Å². The second kappa shape index (κ2) is 7.70. The molecule has 1 saturated carbocycles. The number of fused-ring (bicyclic) bond motifs is 7. The minimum absolute atomic E-state index is 0.136. The van der Waals surface area contributed by atoms with E-state index in [4.69, 9.17) is 4.98 Å². The fraction of sp³-hybridized carbons (Fsp3) is 0.462. The Morgan fingerprint density at radius 3 is 2.62 bits per heavy atom. The molecule has 0 amide bonds. The summed E-state index contributed by atoms with van der Waals surface area (Å²) in [6, 6.07) is 12.9. The Labute approximate surface area is 196 Å². The highest BCUT2D eigenvalue weighted by Crippen LogP contribution is 2.52. The first-order valence-corrected chi connectivity index (χ1v) is 12.6. The molecule has 1 aromatic heterocycles. The molecule has 166 valence electrons. The van der Waals surface area contributed by atoms with Crippen molar-refractivity contribution >= 4 is 32.5 Å². The monoisotopic (exact) mass is 493 g/mol. The van der Waals surface area contributed by atoms with Gasteiger partial charge in [0.05, 0.1) is 22.0 Å². The van der Waals surface area contributed by atoms with Gasteiger partial charge < -0.3 is 10.0 Å². The first kappa shape index (κ1) is 20.4. The Bertz CT molecular complexity index is 1250. The van der Waals surface area contributed by atoms with Crippen LogP contribution in [0.2, 0.25) is 0 Å². The molecule has 3 aliphatic rings. The van der Waals surface area contributed by atoms with Crippen LogP contribution in [0.15, 0.2) is 45.7 Å². The van der Waals surface area contributed by atoms with Crippen LogP contribution >= 0.6 is 15.9 Å². The standard InChI is InChI=1S/C26H28BrN3O2/c27-20-5-4-6-21-23(20)24(32)28-25-26(11-2-1-3-12-26)19-8-7-18(15-22(19)30(21)25)29-13-9-17(16-31)10-14-29/h4-8,15,17,31H,1-3,9-14,16H2. The van der Waals surface area contributed by atoms with Gasteiger partial charge in [-0.2, -0.15) is 4.98 Å². The molecule has 5 nitrogen and oxygen atoms in total. The van der Waals surface area contributed by atoms with Crippen LogP contribution in [-0.2, 0) is 5.41 Å². The molecule has 1 aliphatic carbocycles. The Hall–Kier alpha value is -2.18. The van der Waals surface area contributed by atoms with Crippen molar-refractivity contribution in [3.8, 4) is 5.69 Å². The molecule has 3 heterocycles. The fourth-order valence-electron chi connectivity index (χ4n) is 6.24.